The maximum absolute atomic E-state index is 12.3. The van der Waals surface area contributed by atoms with Crippen molar-refractivity contribution in [2.75, 3.05) is 13.1 Å². The van der Waals surface area contributed by atoms with Crippen LogP contribution in [0.5, 0.6) is 0 Å². The molecule has 0 saturated heterocycles. The highest BCUT2D eigenvalue weighted by molar-refractivity contribution is 5.83. The average molecular weight is 238 g/mol. The fourth-order valence-electron chi connectivity index (χ4n) is 3.46. The van der Waals surface area contributed by atoms with Gasteiger partial charge in [0.05, 0.1) is 5.41 Å². The molecule has 0 radical (unpaired) electrons. The Morgan fingerprint density at radius 3 is 2.18 bits per heavy atom. The normalized spacial score (nSPS) is 26.0. The number of hydrogen-bond acceptors (Lipinski definition) is 2. The van der Waals surface area contributed by atoms with Crippen LogP contribution in [0.25, 0.3) is 0 Å². The van der Waals surface area contributed by atoms with Crippen LogP contribution in [0.2, 0.25) is 0 Å². The van der Waals surface area contributed by atoms with E-state index >= 15 is 0 Å². The summed E-state index contributed by atoms with van der Waals surface area (Å²) in [6.07, 6.45) is 9.40. The maximum Gasteiger partial charge on any atom is 0.227 e. The molecule has 1 amide bonds. The van der Waals surface area contributed by atoms with Crippen molar-refractivity contribution in [2.24, 2.45) is 16.6 Å². The molecule has 0 heterocycles. The third-order valence-corrected chi connectivity index (χ3v) is 4.92. The van der Waals surface area contributed by atoms with Gasteiger partial charge < -0.3 is 11.1 Å². The van der Waals surface area contributed by atoms with E-state index in [4.69, 9.17) is 5.73 Å². The first kappa shape index (κ1) is 12.9. The number of hydrogen-bond donors (Lipinski definition) is 2. The molecule has 0 spiro atoms. The Labute approximate surface area is 105 Å². The molecular weight excluding hydrogens is 212 g/mol. The molecule has 2 rings (SSSR count). The standard InChI is InChI=1S/C14H26N2O/c1-13(6-2-3-7-13)11-16-12(17)14(10-15)8-4-5-9-14/h2-11,15H2,1H3,(H,16,17). The average Bonchev–Trinajstić information content (AvgIpc) is 2.96. The van der Waals surface area contributed by atoms with Gasteiger partial charge in [0.2, 0.25) is 5.91 Å². The van der Waals surface area contributed by atoms with Crippen LogP contribution in [0.1, 0.15) is 58.3 Å². The predicted octanol–water partition coefficient (Wildman–Crippen LogP) is 2.20. The zero-order valence-electron chi connectivity index (χ0n) is 11.1. The van der Waals surface area contributed by atoms with Gasteiger partial charge in [0.15, 0.2) is 0 Å². The molecule has 2 aliphatic rings. The van der Waals surface area contributed by atoms with Crippen molar-refractivity contribution < 1.29 is 4.79 Å². The lowest BCUT2D eigenvalue weighted by Gasteiger charge is -2.30. The number of rotatable bonds is 4. The van der Waals surface area contributed by atoms with E-state index in [0.29, 0.717) is 12.0 Å². The summed E-state index contributed by atoms with van der Waals surface area (Å²) >= 11 is 0. The maximum atomic E-state index is 12.3. The van der Waals surface area contributed by atoms with E-state index < -0.39 is 0 Å². The highest BCUT2D eigenvalue weighted by Crippen LogP contribution is 2.39. The topological polar surface area (TPSA) is 55.1 Å². The molecule has 0 atom stereocenters. The summed E-state index contributed by atoms with van der Waals surface area (Å²) in [5, 5.41) is 3.18. The number of nitrogens with two attached hydrogens (primary N) is 1. The van der Waals surface area contributed by atoms with Crippen LogP contribution in [0.15, 0.2) is 0 Å². The molecule has 2 saturated carbocycles. The quantitative estimate of drug-likeness (QED) is 0.789. The minimum absolute atomic E-state index is 0.214. The second-order valence-electron chi connectivity index (χ2n) is 6.39. The number of amides is 1. The van der Waals surface area contributed by atoms with Crippen LogP contribution in [0, 0.1) is 10.8 Å². The lowest BCUT2D eigenvalue weighted by Crippen LogP contribution is -2.46. The minimum Gasteiger partial charge on any atom is -0.355 e. The molecule has 3 nitrogen and oxygen atoms in total. The van der Waals surface area contributed by atoms with Gasteiger partial charge in [0, 0.05) is 13.1 Å². The van der Waals surface area contributed by atoms with E-state index in [1.807, 2.05) is 0 Å². The second-order valence-corrected chi connectivity index (χ2v) is 6.39. The van der Waals surface area contributed by atoms with Gasteiger partial charge in [-0.05, 0) is 31.1 Å². The van der Waals surface area contributed by atoms with Gasteiger partial charge in [0.1, 0.15) is 0 Å². The van der Waals surface area contributed by atoms with Crippen LogP contribution >= 0.6 is 0 Å². The molecule has 0 aromatic carbocycles. The second kappa shape index (κ2) is 4.97. The predicted molar refractivity (Wildman–Crippen MR) is 69.5 cm³/mol. The third kappa shape index (κ3) is 2.65. The van der Waals surface area contributed by atoms with Crippen molar-refractivity contribution in [1.82, 2.24) is 5.32 Å². The zero-order chi connectivity index (χ0) is 12.4. The van der Waals surface area contributed by atoms with Crippen LogP contribution in [-0.4, -0.2) is 19.0 Å². The van der Waals surface area contributed by atoms with E-state index in [1.165, 1.54) is 25.7 Å². The van der Waals surface area contributed by atoms with Gasteiger partial charge in [-0.2, -0.15) is 0 Å². The molecule has 0 unspecified atom stereocenters. The fourth-order valence-corrected chi connectivity index (χ4v) is 3.46. The Bertz CT molecular complexity index is 276. The number of nitrogens with one attached hydrogen (secondary N) is 1. The van der Waals surface area contributed by atoms with Crippen molar-refractivity contribution in [3.8, 4) is 0 Å². The summed E-state index contributed by atoms with van der Waals surface area (Å²) in [4.78, 5) is 12.3. The molecule has 0 aliphatic heterocycles. The summed E-state index contributed by atoms with van der Waals surface area (Å²) in [5.74, 6) is 0.214. The van der Waals surface area contributed by atoms with Crippen molar-refractivity contribution in [2.45, 2.75) is 58.3 Å². The summed E-state index contributed by atoms with van der Waals surface area (Å²) in [7, 11) is 0. The van der Waals surface area contributed by atoms with E-state index in [0.717, 1.165) is 32.2 Å². The van der Waals surface area contributed by atoms with Gasteiger partial charge in [-0.3, -0.25) is 4.79 Å². The van der Waals surface area contributed by atoms with E-state index in [9.17, 15) is 4.79 Å². The molecule has 17 heavy (non-hydrogen) atoms. The van der Waals surface area contributed by atoms with E-state index in [2.05, 4.69) is 12.2 Å². The first-order valence-electron chi connectivity index (χ1n) is 7.09. The Morgan fingerprint density at radius 1 is 1.12 bits per heavy atom. The van der Waals surface area contributed by atoms with Crippen molar-refractivity contribution in [3.05, 3.63) is 0 Å². The first-order chi connectivity index (χ1) is 8.10. The Kier molecular flexibility index (Phi) is 3.76. The molecule has 0 aromatic heterocycles. The minimum atomic E-state index is -0.241. The largest absolute Gasteiger partial charge is 0.355 e. The summed E-state index contributed by atoms with van der Waals surface area (Å²) < 4.78 is 0. The lowest BCUT2D eigenvalue weighted by molar-refractivity contribution is -0.130. The molecule has 3 heteroatoms. The van der Waals surface area contributed by atoms with Crippen molar-refractivity contribution in [3.63, 3.8) is 0 Å². The van der Waals surface area contributed by atoms with Crippen LogP contribution in [-0.2, 0) is 4.79 Å². The highest BCUT2D eigenvalue weighted by Gasteiger charge is 2.40. The van der Waals surface area contributed by atoms with Crippen molar-refractivity contribution >= 4 is 5.91 Å². The van der Waals surface area contributed by atoms with Gasteiger partial charge in [-0.15, -0.1) is 0 Å². The van der Waals surface area contributed by atoms with Gasteiger partial charge in [0.25, 0.3) is 0 Å². The third-order valence-electron chi connectivity index (χ3n) is 4.92. The first-order valence-corrected chi connectivity index (χ1v) is 7.09. The molecule has 0 aromatic rings. The molecular formula is C14H26N2O. The van der Waals surface area contributed by atoms with Gasteiger partial charge in [-0.1, -0.05) is 32.6 Å². The van der Waals surface area contributed by atoms with E-state index in [-0.39, 0.29) is 11.3 Å². The highest BCUT2D eigenvalue weighted by atomic mass is 16.2. The Hall–Kier alpha value is -0.570. The van der Waals surface area contributed by atoms with Gasteiger partial charge >= 0.3 is 0 Å². The molecule has 98 valence electrons. The monoisotopic (exact) mass is 238 g/mol. The van der Waals surface area contributed by atoms with Crippen LogP contribution < -0.4 is 11.1 Å². The Morgan fingerprint density at radius 2 is 1.65 bits per heavy atom. The smallest absolute Gasteiger partial charge is 0.227 e. The number of carbonyl (C=O) groups excluding carboxylic acids is 1. The summed E-state index contributed by atoms with van der Waals surface area (Å²) in [6, 6.07) is 0. The SMILES string of the molecule is CC1(CNC(=O)C2(CN)CCCC2)CCCC1. The summed E-state index contributed by atoms with van der Waals surface area (Å²) in [5.41, 5.74) is 5.92. The zero-order valence-corrected chi connectivity index (χ0v) is 11.1. The molecule has 0 bridgehead atoms. The van der Waals surface area contributed by atoms with Crippen LogP contribution in [0.4, 0.5) is 0 Å². The lowest BCUT2D eigenvalue weighted by atomic mass is 9.84. The molecule has 2 aliphatic carbocycles. The molecule has 3 N–H and O–H groups in total. The molecule has 2 fully saturated rings. The van der Waals surface area contributed by atoms with Crippen molar-refractivity contribution in [1.29, 1.82) is 0 Å². The summed E-state index contributed by atoms with van der Waals surface area (Å²) in [6.45, 7) is 3.65. The Balaban J connectivity index is 1.88. The fraction of sp³-hybridized carbons (Fsp3) is 0.929. The number of carbonyl (C=O) groups is 1. The van der Waals surface area contributed by atoms with Gasteiger partial charge in [-0.25, -0.2) is 0 Å². The van der Waals surface area contributed by atoms with E-state index in [1.54, 1.807) is 0 Å². The van der Waals surface area contributed by atoms with Crippen LogP contribution in [0.3, 0.4) is 0 Å².